The fourth-order valence-electron chi connectivity index (χ4n) is 3.59. The van der Waals surface area contributed by atoms with Gasteiger partial charge < -0.3 is 9.84 Å². The summed E-state index contributed by atoms with van der Waals surface area (Å²) in [6.07, 6.45) is 3.57. The molecule has 3 heteroatoms. The molecule has 0 aliphatic heterocycles. The van der Waals surface area contributed by atoms with Crippen molar-refractivity contribution in [3.05, 3.63) is 28.2 Å². The van der Waals surface area contributed by atoms with Crippen LogP contribution in [0.3, 0.4) is 0 Å². The van der Waals surface area contributed by atoms with Crippen LogP contribution in [0.1, 0.15) is 37.9 Å². The maximum absolute atomic E-state index is 10.6. The first kappa shape index (κ1) is 12.5. The van der Waals surface area contributed by atoms with E-state index in [1.807, 2.05) is 25.1 Å². The molecule has 3 rings (SSSR count). The molecule has 2 fully saturated rings. The monoisotopic (exact) mass is 310 g/mol. The van der Waals surface area contributed by atoms with Gasteiger partial charge in [-0.2, -0.15) is 0 Å². The second-order valence-electron chi connectivity index (χ2n) is 5.40. The van der Waals surface area contributed by atoms with Gasteiger partial charge in [-0.25, -0.2) is 0 Å². The van der Waals surface area contributed by atoms with Gasteiger partial charge in [0.25, 0.3) is 0 Å². The molecule has 0 amide bonds. The Bertz CT molecular complexity index is 436. The van der Waals surface area contributed by atoms with Crippen LogP contribution in [-0.2, 0) is 0 Å². The van der Waals surface area contributed by atoms with E-state index in [-0.39, 0.29) is 6.10 Å². The molecular formula is C15H19BrO2. The lowest BCUT2D eigenvalue weighted by Crippen LogP contribution is -2.07. The summed E-state index contributed by atoms with van der Waals surface area (Å²) in [5.41, 5.74) is 0.950. The third-order valence-corrected chi connectivity index (χ3v) is 4.92. The van der Waals surface area contributed by atoms with Crippen molar-refractivity contribution in [1.29, 1.82) is 0 Å². The number of hydrogen-bond donors (Lipinski definition) is 1. The Kier molecular flexibility index (Phi) is 3.37. The number of rotatable bonds is 4. The summed E-state index contributed by atoms with van der Waals surface area (Å²) < 4.78 is 6.64. The molecule has 1 aromatic carbocycles. The van der Waals surface area contributed by atoms with Gasteiger partial charge in [-0.15, -0.1) is 0 Å². The Morgan fingerprint density at radius 1 is 1.39 bits per heavy atom. The molecule has 0 saturated heterocycles. The summed E-state index contributed by atoms with van der Waals surface area (Å²) in [6.45, 7) is 2.61. The second-order valence-corrected chi connectivity index (χ2v) is 6.31. The van der Waals surface area contributed by atoms with Crippen molar-refractivity contribution < 1.29 is 9.84 Å². The van der Waals surface area contributed by atoms with Crippen molar-refractivity contribution in [2.75, 3.05) is 6.61 Å². The van der Waals surface area contributed by atoms with Crippen LogP contribution in [0.5, 0.6) is 5.75 Å². The van der Waals surface area contributed by atoms with Crippen LogP contribution in [0.25, 0.3) is 0 Å². The van der Waals surface area contributed by atoms with Gasteiger partial charge in [-0.3, -0.25) is 0 Å². The number of aliphatic hydroxyl groups is 1. The fraction of sp³-hybridized carbons (Fsp3) is 0.600. The van der Waals surface area contributed by atoms with Crippen molar-refractivity contribution in [1.82, 2.24) is 0 Å². The lowest BCUT2D eigenvalue weighted by molar-refractivity contribution is 0.132. The molecule has 18 heavy (non-hydrogen) atoms. The second kappa shape index (κ2) is 4.86. The molecule has 3 atom stereocenters. The Labute approximate surface area is 116 Å². The van der Waals surface area contributed by atoms with Crippen molar-refractivity contribution in [2.24, 2.45) is 17.8 Å². The van der Waals surface area contributed by atoms with Crippen molar-refractivity contribution in [2.45, 2.75) is 32.3 Å². The lowest BCUT2D eigenvalue weighted by Gasteiger charge is -2.17. The summed E-state index contributed by atoms with van der Waals surface area (Å²) in [5.74, 6) is 2.81. The van der Waals surface area contributed by atoms with E-state index in [0.29, 0.717) is 12.5 Å². The first-order chi connectivity index (χ1) is 8.72. The Morgan fingerprint density at radius 2 is 2.11 bits per heavy atom. The predicted octanol–water partition coefficient (Wildman–Crippen LogP) is 3.93. The van der Waals surface area contributed by atoms with Gasteiger partial charge in [-0.05, 0) is 55.7 Å². The van der Waals surface area contributed by atoms with Gasteiger partial charge in [0.2, 0.25) is 0 Å². The SMILES string of the molecule is CCOc1ccc(Br)cc1C(O)C1C2CCCC21. The first-order valence-electron chi connectivity index (χ1n) is 6.82. The summed E-state index contributed by atoms with van der Waals surface area (Å²) >= 11 is 3.48. The molecule has 0 spiro atoms. The molecule has 0 heterocycles. The highest BCUT2D eigenvalue weighted by Crippen LogP contribution is 2.62. The molecule has 1 N–H and O–H groups in total. The number of benzene rings is 1. The summed E-state index contributed by atoms with van der Waals surface area (Å²) in [5, 5.41) is 10.6. The van der Waals surface area contributed by atoms with Gasteiger partial charge >= 0.3 is 0 Å². The summed E-state index contributed by atoms with van der Waals surface area (Å²) in [7, 11) is 0. The van der Waals surface area contributed by atoms with Crippen LogP contribution in [0, 0.1) is 17.8 Å². The van der Waals surface area contributed by atoms with Crippen LogP contribution >= 0.6 is 15.9 Å². The highest BCUT2D eigenvalue weighted by atomic mass is 79.9. The zero-order chi connectivity index (χ0) is 12.7. The Hall–Kier alpha value is -0.540. The quantitative estimate of drug-likeness (QED) is 0.913. The van der Waals surface area contributed by atoms with Crippen LogP contribution in [0.15, 0.2) is 22.7 Å². The van der Waals surface area contributed by atoms with E-state index < -0.39 is 0 Å². The van der Waals surface area contributed by atoms with Crippen LogP contribution in [0.4, 0.5) is 0 Å². The smallest absolute Gasteiger partial charge is 0.125 e. The highest BCUT2D eigenvalue weighted by Gasteiger charge is 2.56. The van der Waals surface area contributed by atoms with Crippen molar-refractivity contribution >= 4 is 15.9 Å². The highest BCUT2D eigenvalue weighted by molar-refractivity contribution is 9.10. The molecule has 0 radical (unpaired) electrons. The minimum Gasteiger partial charge on any atom is -0.493 e. The Morgan fingerprint density at radius 3 is 2.78 bits per heavy atom. The van der Waals surface area contributed by atoms with Crippen LogP contribution in [0.2, 0.25) is 0 Å². The zero-order valence-corrected chi connectivity index (χ0v) is 12.2. The van der Waals surface area contributed by atoms with Gasteiger partial charge in [-0.1, -0.05) is 22.4 Å². The first-order valence-corrected chi connectivity index (χ1v) is 7.62. The van der Waals surface area contributed by atoms with Crippen LogP contribution in [-0.4, -0.2) is 11.7 Å². The van der Waals surface area contributed by atoms with Crippen molar-refractivity contribution in [3.63, 3.8) is 0 Å². The molecule has 2 aliphatic rings. The molecule has 0 bridgehead atoms. The maximum Gasteiger partial charge on any atom is 0.125 e. The molecule has 3 unspecified atom stereocenters. The largest absolute Gasteiger partial charge is 0.493 e. The summed E-state index contributed by atoms with van der Waals surface area (Å²) in [6, 6.07) is 5.92. The van der Waals surface area contributed by atoms with Gasteiger partial charge in [0, 0.05) is 10.0 Å². The lowest BCUT2D eigenvalue weighted by atomic mass is 9.99. The summed E-state index contributed by atoms with van der Waals surface area (Å²) in [4.78, 5) is 0. The standard InChI is InChI=1S/C15H19BrO2/c1-2-18-13-7-6-9(16)8-12(13)15(17)14-10-4-3-5-11(10)14/h6-8,10-11,14-15,17H,2-5H2,1H3. The zero-order valence-electron chi connectivity index (χ0n) is 10.6. The van der Waals surface area contributed by atoms with E-state index in [9.17, 15) is 5.11 Å². The average molecular weight is 311 g/mol. The topological polar surface area (TPSA) is 29.5 Å². The number of fused-ring (bicyclic) bond motifs is 1. The average Bonchev–Trinajstić information content (AvgIpc) is 2.84. The third kappa shape index (κ3) is 2.08. The number of aliphatic hydroxyl groups excluding tert-OH is 1. The predicted molar refractivity (Wildman–Crippen MR) is 74.6 cm³/mol. The van der Waals surface area contributed by atoms with E-state index in [1.54, 1.807) is 0 Å². The minimum atomic E-state index is -0.362. The normalized spacial score (nSPS) is 30.9. The maximum atomic E-state index is 10.6. The van der Waals surface area contributed by atoms with E-state index in [2.05, 4.69) is 15.9 Å². The molecule has 2 nitrogen and oxygen atoms in total. The third-order valence-electron chi connectivity index (χ3n) is 4.43. The molecule has 2 saturated carbocycles. The fourth-order valence-corrected chi connectivity index (χ4v) is 3.97. The van der Waals surface area contributed by atoms with E-state index in [0.717, 1.165) is 27.6 Å². The van der Waals surface area contributed by atoms with E-state index in [4.69, 9.17) is 4.74 Å². The molecule has 98 valence electrons. The molecule has 1 aromatic rings. The number of ether oxygens (including phenoxy) is 1. The molecule has 0 aromatic heterocycles. The number of hydrogen-bond acceptors (Lipinski definition) is 2. The Balaban J connectivity index is 1.84. The van der Waals surface area contributed by atoms with Gasteiger partial charge in [0.05, 0.1) is 12.7 Å². The van der Waals surface area contributed by atoms with Crippen LogP contribution < -0.4 is 4.74 Å². The van der Waals surface area contributed by atoms with E-state index >= 15 is 0 Å². The minimum absolute atomic E-state index is 0.362. The molecule has 2 aliphatic carbocycles. The van der Waals surface area contributed by atoms with Crippen molar-refractivity contribution in [3.8, 4) is 5.75 Å². The number of halogens is 1. The van der Waals surface area contributed by atoms with Gasteiger partial charge in [0.15, 0.2) is 0 Å². The van der Waals surface area contributed by atoms with Gasteiger partial charge in [0.1, 0.15) is 5.75 Å². The molecular weight excluding hydrogens is 292 g/mol. The van der Waals surface area contributed by atoms with E-state index in [1.165, 1.54) is 19.3 Å².